The van der Waals surface area contributed by atoms with Crippen LogP contribution in [0.25, 0.3) is 0 Å². The number of carbonyl (C=O) groups is 2. The Kier molecular flexibility index (Phi) is 6.99. The number of hydrogen-bond acceptors (Lipinski definition) is 5. The molecule has 0 aromatic carbocycles. The molecule has 2 rings (SSSR count). The summed E-state index contributed by atoms with van der Waals surface area (Å²) in [6.45, 7) is 2.12. The Labute approximate surface area is 137 Å². The van der Waals surface area contributed by atoms with Crippen molar-refractivity contribution in [1.82, 2.24) is 0 Å². The maximum Gasteiger partial charge on any atom is 0.331 e. The Morgan fingerprint density at radius 1 is 1.26 bits per heavy atom. The van der Waals surface area contributed by atoms with Crippen molar-refractivity contribution >= 4 is 11.8 Å². The number of hydrogen-bond donors (Lipinski definition) is 0. The molecule has 0 saturated heterocycles. The van der Waals surface area contributed by atoms with E-state index in [0.29, 0.717) is 6.42 Å². The maximum absolute atomic E-state index is 12.4. The van der Waals surface area contributed by atoms with Gasteiger partial charge in [0.15, 0.2) is 5.78 Å². The van der Waals surface area contributed by atoms with Gasteiger partial charge in [0.25, 0.3) is 0 Å². The highest BCUT2D eigenvalue weighted by molar-refractivity contribution is 5.97. The number of fused-ring (bicyclic) bond motifs is 1. The lowest BCUT2D eigenvalue weighted by Crippen LogP contribution is -2.17. The number of rotatable bonds is 3. The predicted octanol–water partition coefficient (Wildman–Crippen LogP) is 2.80. The number of methoxy groups -OCH3 is 1. The molecule has 0 unspecified atom stereocenters. The predicted molar refractivity (Wildman–Crippen MR) is 85.7 cm³/mol. The highest BCUT2D eigenvalue weighted by Gasteiger charge is 2.36. The number of cyclic esters (lactones) is 1. The zero-order chi connectivity index (χ0) is 16.7. The Bertz CT molecular complexity index is 468. The summed E-state index contributed by atoms with van der Waals surface area (Å²) in [5.74, 6) is -0.467. The van der Waals surface area contributed by atoms with Crippen LogP contribution in [0.2, 0.25) is 0 Å². The molecule has 1 heterocycles. The first kappa shape index (κ1) is 17.9. The van der Waals surface area contributed by atoms with Crippen LogP contribution in [0.3, 0.4) is 0 Å². The van der Waals surface area contributed by atoms with Crippen molar-refractivity contribution in [2.45, 2.75) is 51.2 Å². The van der Waals surface area contributed by atoms with E-state index in [9.17, 15) is 9.59 Å². The lowest BCUT2D eigenvalue weighted by Gasteiger charge is -2.12. The van der Waals surface area contributed by atoms with Crippen LogP contribution >= 0.6 is 0 Å². The number of carbonyl (C=O) groups excluding carboxylic acids is 2. The highest BCUT2D eigenvalue weighted by atomic mass is 16.7. The molecule has 1 aliphatic heterocycles. The molecule has 0 spiro atoms. The molecule has 5 nitrogen and oxygen atoms in total. The standard InChI is InChI=1S/C18H26O5/c1-13-6-4-3-5-7-14-10-15(22-12-21-2)11-16(14)17(19)8-9-18(20)23-13/h5,7-9,13-16H,3-4,6,10-12H2,1-2H3/b7-5+,9-8+/t13-,14+,15-,16+/m0/s1. The summed E-state index contributed by atoms with van der Waals surface area (Å²) in [4.78, 5) is 24.1. The van der Waals surface area contributed by atoms with E-state index in [1.54, 1.807) is 7.11 Å². The minimum absolute atomic E-state index is 0.0202. The van der Waals surface area contributed by atoms with Crippen molar-refractivity contribution in [3.05, 3.63) is 24.3 Å². The summed E-state index contributed by atoms with van der Waals surface area (Å²) < 4.78 is 15.8. The molecule has 1 saturated carbocycles. The minimum atomic E-state index is -0.445. The van der Waals surface area contributed by atoms with Gasteiger partial charge in [0.1, 0.15) is 6.79 Å². The second-order valence-electron chi connectivity index (χ2n) is 6.28. The van der Waals surface area contributed by atoms with E-state index in [2.05, 4.69) is 12.2 Å². The van der Waals surface area contributed by atoms with E-state index in [1.807, 2.05) is 6.92 Å². The summed E-state index contributed by atoms with van der Waals surface area (Å²) in [5.41, 5.74) is 0. The molecule has 128 valence electrons. The molecule has 2 aliphatic rings. The van der Waals surface area contributed by atoms with Gasteiger partial charge in [-0.15, -0.1) is 0 Å². The minimum Gasteiger partial charge on any atom is -0.460 e. The van der Waals surface area contributed by atoms with Gasteiger partial charge < -0.3 is 14.2 Å². The van der Waals surface area contributed by atoms with E-state index in [1.165, 1.54) is 12.2 Å². The van der Waals surface area contributed by atoms with Crippen molar-refractivity contribution in [3.63, 3.8) is 0 Å². The Balaban J connectivity index is 2.08. The average Bonchev–Trinajstić information content (AvgIpc) is 2.92. The molecule has 0 N–H and O–H groups in total. The van der Waals surface area contributed by atoms with Crippen molar-refractivity contribution in [1.29, 1.82) is 0 Å². The largest absolute Gasteiger partial charge is 0.460 e. The van der Waals surface area contributed by atoms with Crippen molar-refractivity contribution in [3.8, 4) is 0 Å². The SMILES string of the molecule is COCO[C@H]1C[C@H]2/C=C/CCC[C@H](C)OC(=O)/C=C/C(=O)[C@@H]2C1. The van der Waals surface area contributed by atoms with E-state index in [0.717, 1.165) is 25.7 Å². The van der Waals surface area contributed by atoms with Crippen molar-refractivity contribution in [2.75, 3.05) is 13.9 Å². The molecule has 0 radical (unpaired) electrons. The van der Waals surface area contributed by atoms with Gasteiger partial charge in [-0.25, -0.2) is 4.79 Å². The van der Waals surface area contributed by atoms with Crippen LogP contribution in [-0.2, 0) is 23.8 Å². The first-order chi connectivity index (χ1) is 11.1. The summed E-state index contributed by atoms with van der Waals surface area (Å²) in [6, 6.07) is 0. The van der Waals surface area contributed by atoms with E-state index in [4.69, 9.17) is 14.2 Å². The molecule has 0 aromatic heterocycles. The third-order valence-electron chi connectivity index (χ3n) is 4.42. The summed E-state index contributed by atoms with van der Waals surface area (Å²) in [6.07, 6.45) is 11.0. The van der Waals surface area contributed by atoms with Crippen LogP contribution in [0, 0.1) is 11.8 Å². The maximum atomic E-state index is 12.4. The van der Waals surface area contributed by atoms with Crippen LogP contribution in [0.1, 0.15) is 39.0 Å². The van der Waals surface area contributed by atoms with E-state index >= 15 is 0 Å². The first-order valence-corrected chi connectivity index (χ1v) is 8.30. The normalized spacial score (nSPS) is 35.4. The van der Waals surface area contributed by atoms with Crippen molar-refractivity contribution < 1.29 is 23.8 Å². The monoisotopic (exact) mass is 322 g/mol. The van der Waals surface area contributed by atoms with Crippen LogP contribution in [-0.4, -0.2) is 37.9 Å². The fourth-order valence-electron chi connectivity index (χ4n) is 3.23. The third-order valence-corrected chi connectivity index (χ3v) is 4.42. The van der Waals surface area contributed by atoms with Gasteiger partial charge in [-0.05, 0) is 51.0 Å². The van der Waals surface area contributed by atoms with Crippen molar-refractivity contribution in [2.24, 2.45) is 11.8 Å². The number of ketones is 1. The quantitative estimate of drug-likeness (QED) is 0.454. The molecule has 4 atom stereocenters. The lowest BCUT2D eigenvalue weighted by atomic mass is 9.91. The average molecular weight is 322 g/mol. The number of ether oxygens (including phenoxy) is 3. The molecular formula is C18H26O5. The topological polar surface area (TPSA) is 61.8 Å². The molecule has 5 heteroatoms. The second kappa shape index (κ2) is 8.99. The summed E-state index contributed by atoms with van der Waals surface area (Å²) >= 11 is 0. The fraction of sp³-hybridized carbons (Fsp3) is 0.667. The molecule has 0 amide bonds. The molecule has 23 heavy (non-hydrogen) atoms. The number of allylic oxidation sites excluding steroid dienone is 3. The van der Waals surface area contributed by atoms with E-state index in [-0.39, 0.29) is 36.6 Å². The van der Waals surface area contributed by atoms with Gasteiger partial charge in [-0.1, -0.05) is 12.2 Å². The molecule has 0 bridgehead atoms. The van der Waals surface area contributed by atoms with Gasteiger partial charge in [-0.2, -0.15) is 0 Å². The molecule has 1 fully saturated rings. The Hall–Kier alpha value is -1.46. The van der Waals surface area contributed by atoms with E-state index < -0.39 is 5.97 Å². The Morgan fingerprint density at radius 2 is 2.09 bits per heavy atom. The van der Waals surface area contributed by atoms with Crippen LogP contribution in [0.4, 0.5) is 0 Å². The zero-order valence-electron chi connectivity index (χ0n) is 13.9. The molecule has 0 aromatic rings. The Morgan fingerprint density at radius 3 is 2.87 bits per heavy atom. The van der Waals surface area contributed by atoms with Crippen LogP contribution in [0.5, 0.6) is 0 Å². The van der Waals surface area contributed by atoms with Gasteiger partial charge in [0.2, 0.25) is 0 Å². The summed E-state index contributed by atoms with van der Waals surface area (Å²) in [7, 11) is 1.59. The molecule has 1 aliphatic carbocycles. The smallest absolute Gasteiger partial charge is 0.331 e. The first-order valence-electron chi connectivity index (χ1n) is 8.30. The molecular weight excluding hydrogens is 296 g/mol. The zero-order valence-corrected chi connectivity index (χ0v) is 13.9. The lowest BCUT2D eigenvalue weighted by molar-refractivity contribution is -0.142. The summed E-state index contributed by atoms with van der Waals surface area (Å²) in [5, 5.41) is 0. The third kappa shape index (κ3) is 5.59. The van der Waals surface area contributed by atoms with Gasteiger partial charge in [0, 0.05) is 19.1 Å². The van der Waals surface area contributed by atoms with Crippen LogP contribution in [0.15, 0.2) is 24.3 Å². The van der Waals surface area contributed by atoms with Crippen LogP contribution < -0.4 is 0 Å². The number of esters is 1. The second-order valence-corrected chi connectivity index (χ2v) is 6.28. The highest BCUT2D eigenvalue weighted by Crippen LogP contribution is 2.36. The van der Waals surface area contributed by atoms with Gasteiger partial charge in [-0.3, -0.25) is 4.79 Å². The van der Waals surface area contributed by atoms with Gasteiger partial charge in [0.05, 0.1) is 12.2 Å². The van der Waals surface area contributed by atoms with Gasteiger partial charge >= 0.3 is 5.97 Å². The fourth-order valence-corrected chi connectivity index (χ4v) is 3.23.